The monoisotopic (exact) mass is 444 g/mol. The van der Waals surface area contributed by atoms with Crippen LogP contribution in [0.2, 0.25) is 0 Å². The quantitative estimate of drug-likeness (QED) is 0.427. The molecule has 0 spiro atoms. The number of halogens is 2. The van der Waals surface area contributed by atoms with Gasteiger partial charge in [0.2, 0.25) is 15.8 Å². The number of sulfonamides is 1. The van der Waals surface area contributed by atoms with Crippen LogP contribution < -0.4 is 5.43 Å². The molecule has 0 saturated carbocycles. The SMILES string of the molecule is CCN(Nc1ccc(F)c(C(=O)c2c[nH]c(-c3ccc(C#N)cc3)c2)c1F)S(C)(=O)=O. The van der Waals surface area contributed by atoms with Gasteiger partial charge in [-0.15, -0.1) is 4.41 Å². The molecule has 1 heterocycles. The molecule has 2 aromatic carbocycles. The van der Waals surface area contributed by atoms with E-state index in [2.05, 4.69) is 10.4 Å². The summed E-state index contributed by atoms with van der Waals surface area (Å²) in [5, 5.41) is 8.88. The first-order valence-corrected chi connectivity index (χ1v) is 11.0. The molecule has 160 valence electrons. The second-order valence-electron chi connectivity index (χ2n) is 6.64. The van der Waals surface area contributed by atoms with Crippen LogP contribution in [-0.4, -0.2) is 36.4 Å². The van der Waals surface area contributed by atoms with Gasteiger partial charge in [-0.2, -0.15) is 5.26 Å². The number of nitrogens with zero attached hydrogens (tertiary/aromatic N) is 2. The molecule has 0 fully saturated rings. The Hall–Kier alpha value is -3.55. The summed E-state index contributed by atoms with van der Waals surface area (Å²) in [5.41, 5.74) is 2.91. The normalized spacial score (nSPS) is 11.4. The fourth-order valence-electron chi connectivity index (χ4n) is 2.94. The van der Waals surface area contributed by atoms with Crippen molar-refractivity contribution in [1.82, 2.24) is 9.40 Å². The maximum absolute atomic E-state index is 15.0. The molecule has 0 atom stereocenters. The molecule has 3 rings (SSSR count). The molecule has 10 heteroatoms. The Morgan fingerprint density at radius 3 is 2.45 bits per heavy atom. The van der Waals surface area contributed by atoms with Gasteiger partial charge in [0.15, 0.2) is 5.82 Å². The standard InChI is InChI=1S/C21H18F2N4O3S/c1-3-27(31(2,29)30)26-17-9-8-16(22)19(20(17)23)21(28)15-10-18(25-12-15)14-6-4-13(11-24)5-7-14/h4-10,12,25-26H,3H2,1-2H3. The zero-order valence-electron chi connectivity index (χ0n) is 16.6. The van der Waals surface area contributed by atoms with Crippen LogP contribution in [0.4, 0.5) is 14.5 Å². The lowest BCUT2D eigenvalue weighted by Gasteiger charge is -2.21. The van der Waals surface area contributed by atoms with Crippen LogP contribution in [0.5, 0.6) is 0 Å². The Kier molecular flexibility index (Phi) is 6.19. The van der Waals surface area contributed by atoms with Crippen molar-refractivity contribution in [1.29, 1.82) is 5.26 Å². The number of carbonyl (C=O) groups excluding carboxylic acids is 1. The molecule has 0 aliphatic heterocycles. The average Bonchev–Trinajstić information content (AvgIpc) is 3.22. The number of aromatic nitrogens is 1. The van der Waals surface area contributed by atoms with E-state index >= 15 is 0 Å². The fraction of sp³-hybridized carbons (Fsp3) is 0.143. The van der Waals surface area contributed by atoms with Gasteiger partial charge in [-0.05, 0) is 42.8 Å². The third-order valence-corrected chi connectivity index (χ3v) is 5.67. The smallest absolute Gasteiger partial charge is 0.227 e. The van der Waals surface area contributed by atoms with Crippen LogP contribution in [0.25, 0.3) is 11.3 Å². The Balaban J connectivity index is 1.95. The van der Waals surface area contributed by atoms with Crippen molar-refractivity contribution in [3.8, 4) is 17.3 Å². The van der Waals surface area contributed by atoms with Crippen LogP contribution in [0.1, 0.15) is 28.4 Å². The minimum Gasteiger partial charge on any atom is -0.360 e. The molecule has 0 saturated heterocycles. The number of benzene rings is 2. The maximum Gasteiger partial charge on any atom is 0.227 e. The number of ketones is 1. The molecule has 3 aromatic rings. The third-order valence-electron chi connectivity index (χ3n) is 4.52. The summed E-state index contributed by atoms with van der Waals surface area (Å²) in [6, 6.07) is 11.9. The largest absolute Gasteiger partial charge is 0.360 e. The van der Waals surface area contributed by atoms with Gasteiger partial charge in [-0.1, -0.05) is 12.1 Å². The molecule has 2 N–H and O–H groups in total. The first kappa shape index (κ1) is 22.1. The molecule has 0 radical (unpaired) electrons. The predicted octanol–water partition coefficient (Wildman–Crippen LogP) is 3.67. The highest BCUT2D eigenvalue weighted by molar-refractivity contribution is 7.88. The van der Waals surface area contributed by atoms with E-state index in [1.165, 1.54) is 19.2 Å². The number of rotatable bonds is 7. The average molecular weight is 444 g/mol. The highest BCUT2D eigenvalue weighted by atomic mass is 32.2. The summed E-state index contributed by atoms with van der Waals surface area (Å²) in [6.07, 6.45) is 2.26. The van der Waals surface area contributed by atoms with Crippen molar-refractivity contribution < 1.29 is 22.0 Å². The van der Waals surface area contributed by atoms with E-state index < -0.39 is 33.0 Å². The van der Waals surface area contributed by atoms with E-state index in [0.717, 1.165) is 22.8 Å². The van der Waals surface area contributed by atoms with Crippen LogP contribution in [0.3, 0.4) is 0 Å². The lowest BCUT2D eigenvalue weighted by atomic mass is 10.0. The Morgan fingerprint density at radius 1 is 1.19 bits per heavy atom. The zero-order chi connectivity index (χ0) is 22.8. The van der Waals surface area contributed by atoms with E-state index in [9.17, 15) is 22.0 Å². The summed E-state index contributed by atoms with van der Waals surface area (Å²) in [6.45, 7) is 1.52. The summed E-state index contributed by atoms with van der Waals surface area (Å²) >= 11 is 0. The van der Waals surface area contributed by atoms with E-state index in [4.69, 9.17) is 5.26 Å². The van der Waals surface area contributed by atoms with Crippen molar-refractivity contribution in [2.45, 2.75) is 6.92 Å². The van der Waals surface area contributed by atoms with Crippen molar-refractivity contribution in [3.05, 3.63) is 77.0 Å². The van der Waals surface area contributed by atoms with Gasteiger partial charge >= 0.3 is 0 Å². The molecule has 0 unspecified atom stereocenters. The summed E-state index contributed by atoms with van der Waals surface area (Å²) in [7, 11) is -3.71. The molecular formula is C21H18F2N4O3S. The Morgan fingerprint density at radius 2 is 1.87 bits per heavy atom. The highest BCUT2D eigenvalue weighted by Gasteiger charge is 2.25. The minimum atomic E-state index is -3.71. The number of hydrazine groups is 1. The molecule has 0 amide bonds. The molecule has 0 aliphatic carbocycles. The van der Waals surface area contributed by atoms with E-state index in [1.807, 2.05) is 6.07 Å². The van der Waals surface area contributed by atoms with Gasteiger partial charge in [0.1, 0.15) is 5.82 Å². The van der Waals surface area contributed by atoms with Crippen LogP contribution in [-0.2, 0) is 10.0 Å². The molecule has 7 nitrogen and oxygen atoms in total. The molecule has 0 bridgehead atoms. The second-order valence-corrected chi connectivity index (χ2v) is 8.55. The lowest BCUT2D eigenvalue weighted by Crippen LogP contribution is -2.35. The van der Waals surface area contributed by atoms with E-state index in [0.29, 0.717) is 16.8 Å². The van der Waals surface area contributed by atoms with Gasteiger partial charge in [0, 0.05) is 24.0 Å². The predicted molar refractivity (Wildman–Crippen MR) is 112 cm³/mol. The van der Waals surface area contributed by atoms with E-state index in [1.54, 1.807) is 24.3 Å². The second kappa shape index (κ2) is 8.67. The topological polar surface area (TPSA) is 106 Å². The van der Waals surface area contributed by atoms with Gasteiger partial charge in [0.25, 0.3) is 0 Å². The highest BCUT2D eigenvalue weighted by Crippen LogP contribution is 2.27. The van der Waals surface area contributed by atoms with E-state index in [-0.39, 0.29) is 17.8 Å². The van der Waals surface area contributed by atoms with Gasteiger partial charge in [-0.25, -0.2) is 17.2 Å². The minimum absolute atomic E-state index is 0.00923. The van der Waals surface area contributed by atoms with Crippen LogP contribution in [0, 0.1) is 23.0 Å². The molecular weight excluding hydrogens is 426 g/mol. The number of aromatic amines is 1. The van der Waals surface area contributed by atoms with Crippen molar-refractivity contribution >= 4 is 21.5 Å². The number of H-pyrrole nitrogens is 1. The summed E-state index contributed by atoms with van der Waals surface area (Å²) < 4.78 is 53.6. The van der Waals surface area contributed by atoms with Gasteiger partial charge < -0.3 is 10.4 Å². The van der Waals surface area contributed by atoms with Crippen LogP contribution >= 0.6 is 0 Å². The van der Waals surface area contributed by atoms with Gasteiger partial charge in [-0.3, -0.25) is 4.79 Å². The van der Waals surface area contributed by atoms with Crippen molar-refractivity contribution in [2.75, 3.05) is 18.2 Å². The first-order chi connectivity index (χ1) is 14.7. The number of nitriles is 1. The van der Waals surface area contributed by atoms with Crippen LogP contribution in [0.15, 0.2) is 48.7 Å². The summed E-state index contributed by atoms with van der Waals surface area (Å²) in [5.74, 6) is -3.18. The third kappa shape index (κ3) is 4.63. The lowest BCUT2D eigenvalue weighted by molar-refractivity contribution is 0.103. The van der Waals surface area contributed by atoms with Gasteiger partial charge in [0.05, 0.1) is 29.1 Å². The Bertz CT molecular complexity index is 1280. The number of nitrogens with one attached hydrogen (secondary N) is 2. The molecule has 1 aromatic heterocycles. The molecule has 31 heavy (non-hydrogen) atoms. The van der Waals surface area contributed by atoms with Crippen molar-refractivity contribution in [2.24, 2.45) is 0 Å². The summed E-state index contributed by atoms with van der Waals surface area (Å²) in [4.78, 5) is 15.7. The van der Waals surface area contributed by atoms with Crippen molar-refractivity contribution in [3.63, 3.8) is 0 Å². The molecule has 0 aliphatic rings. The maximum atomic E-state index is 15.0. The zero-order valence-corrected chi connectivity index (χ0v) is 17.4. The fourth-order valence-corrected chi connectivity index (χ4v) is 3.67. The number of carbonyl (C=O) groups is 1. The number of anilines is 1. The number of hydrogen-bond donors (Lipinski definition) is 2. The number of hydrogen-bond acceptors (Lipinski definition) is 5. The Labute approximate surface area is 178 Å². The first-order valence-electron chi connectivity index (χ1n) is 9.11.